The van der Waals surface area contributed by atoms with Gasteiger partial charge in [-0.25, -0.2) is 0 Å². The highest BCUT2D eigenvalue weighted by Gasteiger charge is 2.32. The first kappa shape index (κ1) is 13.7. The largest absolute Gasteiger partial charge is 0.286 e. The van der Waals surface area contributed by atoms with Gasteiger partial charge in [0.15, 0.2) is 4.32 Å². The predicted molar refractivity (Wildman–Crippen MR) is 91.2 cm³/mol. The van der Waals surface area contributed by atoms with Crippen molar-refractivity contribution in [3.63, 3.8) is 0 Å². The Balaban J connectivity index is 1.80. The second kappa shape index (κ2) is 6.01. The number of hydrazone groups is 1. The highest BCUT2D eigenvalue weighted by Crippen LogP contribution is 2.33. The Morgan fingerprint density at radius 1 is 1.15 bits per heavy atom. The number of carbonyl (C=O) groups excluding carboxylic acids is 1. The third kappa shape index (κ3) is 2.90. The van der Waals surface area contributed by atoms with Crippen LogP contribution >= 0.6 is 46.7 Å². The molecule has 0 saturated carbocycles. The van der Waals surface area contributed by atoms with E-state index in [1.54, 1.807) is 28.9 Å². The molecule has 3 nitrogen and oxygen atoms in total. The Bertz CT molecular complexity index is 686. The summed E-state index contributed by atoms with van der Waals surface area (Å²) < 4.78 is 0.464. The van der Waals surface area contributed by atoms with Gasteiger partial charge in [-0.1, -0.05) is 23.9 Å². The maximum atomic E-state index is 12.2. The molecule has 0 atom stereocenters. The van der Waals surface area contributed by atoms with E-state index < -0.39 is 0 Å². The fraction of sp³-hybridized carbons (Fsp3) is 0. The molecular weight excluding hydrogens is 328 g/mol. The molecule has 1 aliphatic rings. The van der Waals surface area contributed by atoms with Crippen LogP contribution in [-0.4, -0.2) is 21.5 Å². The van der Waals surface area contributed by atoms with Gasteiger partial charge < -0.3 is 0 Å². The second-order valence-corrected chi connectivity index (χ2v) is 7.40. The first-order valence-electron chi connectivity index (χ1n) is 5.63. The molecule has 0 N–H and O–H groups in total. The summed E-state index contributed by atoms with van der Waals surface area (Å²) in [5.74, 6) is -0.166. The number of amides is 1. The molecule has 2 aromatic rings. The van der Waals surface area contributed by atoms with Crippen LogP contribution in [0.1, 0.15) is 9.75 Å². The Morgan fingerprint density at radius 2 is 1.85 bits per heavy atom. The summed E-state index contributed by atoms with van der Waals surface area (Å²) in [6.45, 7) is 0. The van der Waals surface area contributed by atoms with Gasteiger partial charge in [-0.05, 0) is 41.2 Å². The van der Waals surface area contributed by atoms with E-state index >= 15 is 0 Å². The lowest BCUT2D eigenvalue weighted by Gasteiger charge is -2.05. The number of rotatable bonds is 3. The van der Waals surface area contributed by atoms with Crippen molar-refractivity contribution in [2.45, 2.75) is 0 Å². The fourth-order valence-corrected chi connectivity index (χ4v) is 4.02. The molecule has 100 valence electrons. The van der Waals surface area contributed by atoms with Gasteiger partial charge in [0.25, 0.3) is 5.91 Å². The zero-order valence-corrected chi connectivity index (χ0v) is 13.3. The van der Waals surface area contributed by atoms with Crippen molar-refractivity contribution in [1.82, 2.24) is 5.01 Å². The molecule has 20 heavy (non-hydrogen) atoms. The van der Waals surface area contributed by atoms with Crippen molar-refractivity contribution < 1.29 is 4.79 Å². The minimum Gasteiger partial charge on any atom is -0.266 e. The van der Waals surface area contributed by atoms with Crippen LogP contribution in [-0.2, 0) is 4.79 Å². The number of hydrogen-bond acceptors (Lipinski definition) is 6. The SMILES string of the molecule is O=C1C(=Cc2cccs2)SC(=S)N1N=Cc1cccs1. The summed E-state index contributed by atoms with van der Waals surface area (Å²) in [6.07, 6.45) is 3.51. The summed E-state index contributed by atoms with van der Waals surface area (Å²) in [5.41, 5.74) is 0. The van der Waals surface area contributed by atoms with Crippen LogP contribution in [0.25, 0.3) is 6.08 Å². The molecular formula is C13H8N2OS4. The van der Waals surface area contributed by atoms with Gasteiger partial charge >= 0.3 is 0 Å². The van der Waals surface area contributed by atoms with E-state index in [-0.39, 0.29) is 5.91 Å². The van der Waals surface area contributed by atoms with E-state index in [4.69, 9.17) is 12.2 Å². The lowest BCUT2D eigenvalue weighted by Crippen LogP contribution is -2.21. The van der Waals surface area contributed by atoms with Crippen molar-refractivity contribution in [3.8, 4) is 0 Å². The van der Waals surface area contributed by atoms with Gasteiger partial charge in [0.1, 0.15) is 0 Å². The topological polar surface area (TPSA) is 32.7 Å². The van der Waals surface area contributed by atoms with Gasteiger partial charge in [0.2, 0.25) is 0 Å². The monoisotopic (exact) mass is 336 g/mol. The number of nitrogens with zero attached hydrogens (tertiary/aromatic N) is 2. The Hall–Kier alpha value is -1.28. The maximum absolute atomic E-state index is 12.2. The van der Waals surface area contributed by atoms with E-state index in [9.17, 15) is 4.79 Å². The highest BCUT2D eigenvalue weighted by atomic mass is 32.2. The van der Waals surface area contributed by atoms with Crippen LogP contribution in [0.15, 0.2) is 45.0 Å². The second-order valence-electron chi connectivity index (χ2n) is 3.77. The molecule has 3 heterocycles. The molecule has 7 heteroatoms. The van der Waals surface area contributed by atoms with E-state index in [0.29, 0.717) is 9.23 Å². The molecule has 0 unspecified atom stereocenters. The molecule has 1 saturated heterocycles. The lowest BCUT2D eigenvalue weighted by molar-refractivity contribution is -0.122. The quantitative estimate of drug-likeness (QED) is 0.482. The average molecular weight is 336 g/mol. The fourth-order valence-electron chi connectivity index (χ4n) is 1.54. The van der Waals surface area contributed by atoms with Crippen molar-refractivity contribution in [2.24, 2.45) is 5.10 Å². The van der Waals surface area contributed by atoms with Crippen LogP contribution in [0.5, 0.6) is 0 Å². The summed E-state index contributed by atoms with van der Waals surface area (Å²) in [6, 6.07) is 7.79. The molecule has 1 aliphatic heterocycles. The zero-order valence-electron chi connectivity index (χ0n) is 10.1. The maximum Gasteiger partial charge on any atom is 0.286 e. The minimum absolute atomic E-state index is 0.166. The Morgan fingerprint density at radius 3 is 2.50 bits per heavy atom. The average Bonchev–Trinajstić information content (AvgIpc) is 3.13. The number of carbonyl (C=O) groups is 1. The Labute approximate surface area is 133 Å². The smallest absolute Gasteiger partial charge is 0.266 e. The minimum atomic E-state index is -0.166. The van der Waals surface area contributed by atoms with E-state index in [1.165, 1.54) is 16.8 Å². The molecule has 1 amide bonds. The van der Waals surface area contributed by atoms with Crippen molar-refractivity contribution in [2.75, 3.05) is 0 Å². The van der Waals surface area contributed by atoms with E-state index in [1.807, 2.05) is 41.1 Å². The van der Waals surface area contributed by atoms with Gasteiger partial charge in [-0.15, -0.1) is 22.7 Å². The number of thiocarbonyl (C=S) groups is 1. The molecule has 0 spiro atoms. The van der Waals surface area contributed by atoms with Crippen molar-refractivity contribution >= 4 is 69.2 Å². The number of thioether (sulfide) groups is 1. The lowest BCUT2D eigenvalue weighted by atomic mass is 10.4. The summed E-state index contributed by atoms with van der Waals surface area (Å²) in [5, 5.41) is 9.39. The van der Waals surface area contributed by atoms with E-state index in [2.05, 4.69) is 5.10 Å². The predicted octanol–water partition coefficient (Wildman–Crippen LogP) is 4.04. The summed E-state index contributed by atoms with van der Waals surface area (Å²) >= 11 is 9.64. The Kier molecular flexibility index (Phi) is 4.11. The molecule has 1 fully saturated rings. The number of hydrogen-bond donors (Lipinski definition) is 0. The van der Waals surface area contributed by atoms with Gasteiger partial charge in [0.05, 0.1) is 11.1 Å². The first-order chi connectivity index (χ1) is 9.74. The van der Waals surface area contributed by atoms with E-state index in [0.717, 1.165) is 9.75 Å². The van der Waals surface area contributed by atoms with Crippen molar-refractivity contribution in [1.29, 1.82) is 0 Å². The molecule has 0 bridgehead atoms. The van der Waals surface area contributed by atoms with Crippen LogP contribution in [0, 0.1) is 0 Å². The van der Waals surface area contributed by atoms with Gasteiger partial charge in [-0.2, -0.15) is 10.1 Å². The molecule has 3 rings (SSSR count). The van der Waals surface area contributed by atoms with Gasteiger partial charge in [0, 0.05) is 9.75 Å². The van der Waals surface area contributed by atoms with Crippen LogP contribution in [0.2, 0.25) is 0 Å². The standard InChI is InChI=1S/C13H8N2OS4/c16-12-11(7-9-3-1-5-18-9)20-13(17)15(12)14-8-10-4-2-6-19-10/h1-8H. The third-order valence-corrected chi connectivity index (χ3v) is 5.34. The van der Waals surface area contributed by atoms with Crippen molar-refractivity contribution in [3.05, 3.63) is 49.7 Å². The first-order valence-corrected chi connectivity index (χ1v) is 8.61. The zero-order chi connectivity index (χ0) is 13.9. The molecule has 0 aliphatic carbocycles. The molecule has 2 aromatic heterocycles. The normalized spacial score (nSPS) is 17.8. The molecule has 0 aromatic carbocycles. The van der Waals surface area contributed by atoms with Crippen LogP contribution in [0.3, 0.4) is 0 Å². The van der Waals surface area contributed by atoms with Crippen LogP contribution in [0.4, 0.5) is 0 Å². The van der Waals surface area contributed by atoms with Crippen LogP contribution < -0.4 is 0 Å². The van der Waals surface area contributed by atoms with Gasteiger partial charge in [-0.3, -0.25) is 4.79 Å². The number of thiophene rings is 2. The summed E-state index contributed by atoms with van der Waals surface area (Å²) in [4.78, 5) is 14.9. The third-order valence-electron chi connectivity index (χ3n) is 2.43. The summed E-state index contributed by atoms with van der Waals surface area (Å²) in [7, 11) is 0. The molecule has 0 radical (unpaired) electrons. The highest BCUT2D eigenvalue weighted by molar-refractivity contribution is 8.26.